The Balaban J connectivity index is 0.00000336. The van der Waals surface area contributed by atoms with Crippen LogP contribution in [0.4, 0.5) is 29.6 Å². The predicted molar refractivity (Wildman–Crippen MR) is 137 cm³/mol. The monoisotopic (exact) mass is 546 g/mol. The standard InChI is InChI=1S/C24H21F3N8O2.ClH/c25-24(26,27)14-32-23(37)33-18-3-1-2-16(8-18)19-12-29-20-9-15(4-6-35(19)20)17-10-30-22(31-11-17)34-7-5-28-21(36)13-34;/h1-4,6,8-12H,5,7,13-14H2,(H,28,36)(H2,32,33,37);1H. The first-order chi connectivity index (χ1) is 17.7. The fourth-order valence-electron chi connectivity index (χ4n) is 3.93. The molecule has 1 aromatic carbocycles. The van der Waals surface area contributed by atoms with Gasteiger partial charge in [0.25, 0.3) is 0 Å². The summed E-state index contributed by atoms with van der Waals surface area (Å²) in [5.41, 5.74) is 4.08. The van der Waals surface area contributed by atoms with Gasteiger partial charge in [0.05, 0.1) is 18.4 Å². The van der Waals surface area contributed by atoms with Crippen LogP contribution in [0, 0.1) is 0 Å². The molecule has 0 radical (unpaired) electrons. The summed E-state index contributed by atoms with van der Waals surface area (Å²) in [6, 6.07) is 9.54. The fraction of sp³-hybridized carbons (Fsp3) is 0.208. The minimum absolute atomic E-state index is 0. The van der Waals surface area contributed by atoms with E-state index in [1.807, 2.05) is 33.7 Å². The minimum Gasteiger partial charge on any atom is -0.353 e. The number of hydrogen-bond donors (Lipinski definition) is 3. The van der Waals surface area contributed by atoms with E-state index in [-0.39, 0.29) is 24.9 Å². The number of anilines is 2. The van der Waals surface area contributed by atoms with Crippen LogP contribution >= 0.6 is 12.4 Å². The molecular formula is C24H22ClF3N8O2. The number of fused-ring (bicyclic) bond motifs is 1. The van der Waals surface area contributed by atoms with Crippen LogP contribution in [0.2, 0.25) is 0 Å². The van der Waals surface area contributed by atoms with Crippen molar-refractivity contribution in [2.75, 3.05) is 36.4 Å². The van der Waals surface area contributed by atoms with Crippen LogP contribution in [0.3, 0.4) is 0 Å². The van der Waals surface area contributed by atoms with Gasteiger partial charge in [0.15, 0.2) is 0 Å². The largest absolute Gasteiger partial charge is 0.405 e. The lowest BCUT2D eigenvalue weighted by Gasteiger charge is -2.26. The van der Waals surface area contributed by atoms with Gasteiger partial charge in [-0.15, -0.1) is 12.4 Å². The molecule has 1 aliphatic rings. The molecule has 1 fully saturated rings. The number of hydrogen-bond acceptors (Lipinski definition) is 6. The van der Waals surface area contributed by atoms with Gasteiger partial charge in [0.1, 0.15) is 12.2 Å². The van der Waals surface area contributed by atoms with Gasteiger partial charge in [-0.1, -0.05) is 12.1 Å². The summed E-state index contributed by atoms with van der Waals surface area (Å²) >= 11 is 0. The number of piperazine rings is 1. The highest BCUT2D eigenvalue weighted by Gasteiger charge is 2.27. The summed E-state index contributed by atoms with van der Waals surface area (Å²) < 4.78 is 38.8. The van der Waals surface area contributed by atoms with Gasteiger partial charge in [-0.2, -0.15) is 13.2 Å². The molecule has 0 aliphatic carbocycles. The third kappa shape index (κ3) is 6.11. The number of rotatable bonds is 5. The normalized spacial score (nSPS) is 13.6. The quantitative estimate of drug-likeness (QED) is 0.353. The zero-order valence-electron chi connectivity index (χ0n) is 19.7. The van der Waals surface area contributed by atoms with Gasteiger partial charge >= 0.3 is 12.2 Å². The maximum Gasteiger partial charge on any atom is 0.405 e. The van der Waals surface area contributed by atoms with Crippen molar-refractivity contribution in [2.45, 2.75) is 6.18 Å². The Morgan fingerprint density at radius 3 is 2.55 bits per heavy atom. The van der Waals surface area contributed by atoms with Crippen LogP contribution < -0.4 is 20.9 Å². The second-order valence-electron chi connectivity index (χ2n) is 8.33. The topological polar surface area (TPSA) is 117 Å². The Morgan fingerprint density at radius 2 is 1.82 bits per heavy atom. The van der Waals surface area contributed by atoms with E-state index in [2.05, 4.69) is 25.6 Å². The van der Waals surface area contributed by atoms with Crippen molar-refractivity contribution in [3.05, 3.63) is 61.2 Å². The molecule has 3 amide bonds. The van der Waals surface area contributed by atoms with Crippen LogP contribution in [0.25, 0.3) is 28.0 Å². The highest BCUT2D eigenvalue weighted by Crippen LogP contribution is 2.27. The third-order valence-corrected chi connectivity index (χ3v) is 5.67. The number of urea groups is 1. The molecule has 5 rings (SSSR count). The Morgan fingerprint density at radius 1 is 1.03 bits per heavy atom. The Bertz CT molecular complexity index is 1460. The SMILES string of the molecule is Cl.O=C1CN(c2ncc(-c3ccn4c(-c5cccc(NC(=O)NCC(F)(F)F)c5)cnc4c3)cn2)CCN1. The van der Waals surface area contributed by atoms with Gasteiger partial charge in [-0.3, -0.25) is 9.20 Å². The van der Waals surface area contributed by atoms with Gasteiger partial charge in [0.2, 0.25) is 11.9 Å². The summed E-state index contributed by atoms with van der Waals surface area (Å²) in [5, 5.41) is 6.95. The summed E-state index contributed by atoms with van der Waals surface area (Å²) in [7, 11) is 0. The summed E-state index contributed by atoms with van der Waals surface area (Å²) in [4.78, 5) is 38.5. The Kier molecular flexibility index (Phi) is 7.67. The molecule has 0 unspecified atom stereocenters. The summed E-state index contributed by atoms with van der Waals surface area (Å²) in [6.45, 7) is -0.00962. The van der Waals surface area contributed by atoms with E-state index in [4.69, 9.17) is 0 Å². The van der Waals surface area contributed by atoms with Gasteiger partial charge < -0.3 is 20.9 Å². The van der Waals surface area contributed by atoms with Crippen LogP contribution in [-0.4, -0.2) is 63.6 Å². The predicted octanol–water partition coefficient (Wildman–Crippen LogP) is 3.50. The molecule has 3 aromatic heterocycles. The van der Waals surface area contributed by atoms with E-state index in [1.165, 1.54) is 0 Å². The number of amides is 3. The first-order valence-corrected chi connectivity index (χ1v) is 11.3. The molecular weight excluding hydrogens is 525 g/mol. The van der Waals surface area contributed by atoms with E-state index in [0.29, 0.717) is 35.9 Å². The molecule has 3 N–H and O–H groups in total. The van der Waals surface area contributed by atoms with E-state index >= 15 is 0 Å². The number of nitrogens with zero attached hydrogens (tertiary/aromatic N) is 5. The number of nitrogens with one attached hydrogen (secondary N) is 3. The van der Waals surface area contributed by atoms with Crippen molar-refractivity contribution in [1.29, 1.82) is 0 Å². The summed E-state index contributed by atoms with van der Waals surface area (Å²) in [5.74, 6) is 0.425. The number of pyridine rings is 1. The third-order valence-electron chi connectivity index (χ3n) is 5.67. The van der Waals surface area contributed by atoms with E-state index in [0.717, 1.165) is 16.8 Å². The molecule has 0 bridgehead atoms. The molecule has 14 heteroatoms. The molecule has 0 atom stereocenters. The van der Waals surface area contributed by atoms with Crippen molar-refractivity contribution < 1.29 is 22.8 Å². The van der Waals surface area contributed by atoms with Crippen molar-refractivity contribution in [1.82, 2.24) is 30.0 Å². The Labute approximate surface area is 220 Å². The van der Waals surface area contributed by atoms with E-state index in [1.54, 1.807) is 42.1 Å². The number of aromatic nitrogens is 4. The lowest BCUT2D eigenvalue weighted by molar-refractivity contribution is -0.122. The van der Waals surface area contributed by atoms with Crippen molar-refractivity contribution in [2.24, 2.45) is 0 Å². The van der Waals surface area contributed by atoms with Crippen molar-refractivity contribution in [3.63, 3.8) is 0 Å². The Hall–Kier alpha value is -4.39. The maximum atomic E-state index is 12.3. The number of alkyl halides is 3. The van der Waals surface area contributed by atoms with Crippen molar-refractivity contribution in [3.8, 4) is 22.4 Å². The average Bonchev–Trinajstić information content (AvgIpc) is 3.31. The highest BCUT2D eigenvalue weighted by atomic mass is 35.5. The fourth-order valence-corrected chi connectivity index (χ4v) is 3.93. The molecule has 38 heavy (non-hydrogen) atoms. The van der Waals surface area contributed by atoms with Gasteiger partial charge in [0, 0.05) is 48.5 Å². The number of carbonyl (C=O) groups is 2. The number of halogens is 4. The van der Waals surface area contributed by atoms with Crippen LogP contribution in [0.1, 0.15) is 0 Å². The van der Waals surface area contributed by atoms with Crippen LogP contribution in [-0.2, 0) is 4.79 Å². The zero-order valence-corrected chi connectivity index (χ0v) is 20.5. The lowest BCUT2D eigenvalue weighted by atomic mass is 10.1. The summed E-state index contributed by atoms with van der Waals surface area (Å²) in [6.07, 6.45) is 2.41. The molecule has 0 spiro atoms. The van der Waals surface area contributed by atoms with Crippen molar-refractivity contribution >= 4 is 41.6 Å². The lowest BCUT2D eigenvalue weighted by Crippen LogP contribution is -2.48. The molecule has 4 aromatic rings. The maximum absolute atomic E-state index is 12.3. The van der Waals surface area contributed by atoms with Crippen LogP contribution in [0.5, 0.6) is 0 Å². The molecule has 198 valence electrons. The molecule has 4 heterocycles. The number of carbonyl (C=O) groups excluding carboxylic acids is 2. The first kappa shape index (κ1) is 26.7. The van der Waals surface area contributed by atoms with E-state index < -0.39 is 18.8 Å². The van der Waals surface area contributed by atoms with E-state index in [9.17, 15) is 22.8 Å². The van der Waals surface area contributed by atoms with Gasteiger partial charge in [-0.25, -0.2) is 19.7 Å². The second-order valence-corrected chi connectivity index (χ2v) is 8.33. The number of benzene rings is 1. The minimum atomic E-state index is -4.49. The molecule has 1 saturated heterocycles. The molecule has 0 saturated carbocycles. The highest BCUT2D eigenvalue weighted by molar-refractivity contribution is 5.90. The number of imidazole rings is 1. The molecule has 1 aliphatic heterocycles. The van der Waals surface area contributed by atoms with Crippen LogP contribution in [0.15, 0.2) is 61.2 Å². The van der Waals surface area contributed by atoms with Gasteiger partial charge in [-0.05, 0) is 29.8 Å². The zero-order chi connectivity index (χ0) is 26.0. The average molecular weight is 547 g/mol. The smallest absolute Gasteiger partial charge is 0.353 e. The second kappa shape index (κ2) is 10.9. The first-order valence-electron chi connectivity index (χ1n) is 11.3. The molecule has 10 nitrogen and oxygen atoms in total.